The number of carboxylic acids is 2. The van der Waals surface area contributed by atoms with Gasteiger partial charge in [0.05, 0.1) is 11.6 Å². The number of nitrogens with two attached hydrogens (primary N) is 1. The van der Waals surface area contributed by atoms with Crippen LogP contribution in [0.2, 0.25) is 0 Å². The molecule has 194 valence electrons. The molecule has 1 saturated heterocycles. The van der Waals surface area contributed by atoms with Gasteiger partial charge in [0.1, 0.15) is 12.1 Å². The minimum Gasteiger partial charge on any atom is -0.480 e. The van der Waals surface area contributed by atoms with Crippen LogP contribution in [-0.2, 0) is 25.6 Å². The zero-order chi connectivity index (χ0) is 26.0. The van der Waals surface area contributed by atoms with Gasteiger partial charge in [-0.1, -0.05) is 30.3 Å². The maximum Gasteiger partial charge on any atom is 0.326 e. The lowest BCUT2D eigenvalue weighted by Crippen LogP contribution is -2.54. The molecule has 3 atom stereocenters. The smallest absolute Gasteiger partial charge is 0.326 e. The Balaban J connectivity index is 2.04. The van der Waals surface area contributed by atoms with Crippen molar-refractivity contribution in [1.29, 1.82) is 0 Å². The van der Waals surface area contributed by atoms with E-state index in [1.807, 2.05) is 30.3 Å². The first kappa shape index (κ1) is 28.3. The van der Waals surface area contributed by atoms with Crippen molar-refractivity contribution in [2.24, 2.45) is 5.73 Å². The molecule has 35 heavy (non-hydrogen) atoms. The van der Waals surface area contributed by atoms with Crippen LogP contribution in [0.15, 0.2) is 30.3 Å². The van der Waals surface area contributed by atoms with Gasteiger partial charge in [0.15, 0.2) is 0 Å². The molecule has 0 bridgehead atoms. The van der Waals surface area contributed by atoms with E-state index in [9.17, 15) is 29.4 Å². The number of unbranched alkanes of at least 4 members (excludes halogenated alkanes) is 1. The molecule has 1 aliphatic heterocycles. The topological polar surface area (TPSA) is 162 Å². The van der Waals surface area contributed by atoms with Gasteiger partial charge in [0.2, 0.25) is 11.8 Å². The van der Waals surface area contributed by atoms with Crippen molar-refractivity contribution in [1.82, 2.24) is 15.5 Å². The van der Waals surface area contributed by atoms with E-state index in [0.717, 1.165) is 5.56 Å². The van der Waals surface area contributed by atoms with Crippen LogP contribution in [0.1, 0.15) is 57.9 Å². The number of aliphatic carboxylic acids is 2. The van der Waals surface area contributed by atoms with Crippen LogP contribution in [-0.4, -0.2) is 75.6 Å². The fourth-order valence-corrected chi connectivity index (χ4v) is 4.15. The maximum absolute atomic E-state index is 13.3. The number of amides is 2. The molecule has 10 nitrogen and oxygen atoms in total. The molecule has 0 saturated carbocycles. The Bertz CT molecular complexity index is 870. The van der Waals surface area contributed by atoms with Crippen molar-refractivity contribution in [3.63, 3.8) is 0 Å². The third-order valence-corrected chi connectivity index (χ3v) is 6.17. The van der Waals surface area contributed by atoms with Crippen LogP contribution >= 0.6 is 0 Å². The summed E-state index contributed by atoms with van der Waals surface area (Å²) in [5.74, 6) is -2.79. The number of carbonyl (C=O) groups is 4. The van der Waals surface area contributed by atoms with Crippen molar-refractivity contribution in [2.45, 2.75) is 82.5 Å². The number of hydrogen-bond acceptors (Lipinski definition) is 6. The first-order valence-corrected chi connectivity index (χ1v) is 12.1. The molecule has 0 radical (unpaired) electrons. The van der Waals surface area contributed by atoms with Gasteiger partial charge in [-0.05, 0) is 64.4 Å². The van der Waals surface area contributed by atoms with Gasteiger partial charge in [-0.3, -0.25) is 19.7 Å². The molecule has 1 fully saturated rings. The minimum absolute atomic E-state index is 0.281. The Morgan fingerprint density at radius 3 is 2.37 bits per heavy atom. The van der Waals surface area contributed by atoms with Gasteiger partial charge < -0.3 is 26.2 Å². The van der Waals surface area contributed by atoms with Crippen molar-refractivity contribution >= 4 is 23.8 Å². The lowest BCUT2D eigenvalue weighted by Gasteiger charge is -2.29. The third-order valence-electron chi connectivity index (χ3n) is 6.17. The highest BCUT2D eigenvalue weighted by molar-refractivity contribution is 5.88. The lowest BCUT2D eigenvalue weighted by molar-refractivity contribution is -0.149. The summed E-state index contributed by atoms with van der Waals surface area (Å²) in [5.41, 5.74) is 5.77. The molecule has 6 N–H and O–H groups in total. The van der Waals surface area contributed by atoms with Crippen LogP contribution < -0.4 is 16.4 Å². The van der Waals surface area contributed by atoms with E-state index in [-0.39, 0.29) is 12.3 Å². The second-order valence-electron chi connectivity index (χ2n) is 9.64. The Morgan fingerprint density at radius 1 is 1.09 bits per heavy atom. The summed E-state index contributed by atoms with van der Waals surface area (Å²) >= 11 is 0. The van der Waals surface area contributed by atoms with Gasteiger partial charge in [-0.25, -0.2) is 4.79 Å². The van der Waals surface area contributed by atoms with E-state index in [1.54, 1.807) is 13.8 Å². The summed E-state index contributed by atoms with van der Waals surface area (Å²) in [5, 5.41) is 25.0. The highest BCUT2D eigenvalue weighted by Gasteiger charge is 2.38. The lowest BCUT2D eigenvalue weighted by atomic mass is 10.0. The normalized spacial score (nSPS) is 17.6. The van der Waals surface area contributed by atoms with Crippen molar-refractivity contribution < 1.29 is 29.4 Å². The highest BCUT2D eigenvalue weighted by Crippen LogP contribution is 2.20. The molecule has 0 aromatic heterocycles. The second-order valence-corrected chi connectivity index (χ2v) is 9.64. The van der Waals surface area contributed by atoms with Crippen molar-refractivity contribution in [3.8, 4) is 0 Å². The second kappa shape index (κ2) is 13.2. The molecule has 2 amide bonds. The molecule has 1 aromatic carbocycles. The molecular weight excluding hydrogens is 452 g/mol. The predicted molar refractivity (Wildman–Crippen MR) is 131 cm³/mol. The van der Waals surface area contributed by atoms with Gasteiger partial charge in [-0.2, -0.15) is 0 Å². The Kier molecular flexibility index (Phi) is 10.7. The van der Waals surface area contributed by atoms with Crippen LogP contribution in [0.25, 0.3) is 0 Å². The average Bonchev–Trinajstić information content (AvgIpc) is 3.30. The Labute approximate surface area is 206 Å². The molecule has 0 aliphatic carbocycles. The van der Waals surface area contributed by atoms with Gasteiger partial charge in [-0.15, -0.1) is 0 Å². The third kappa shape index (κ3) is 8.95. The monoisotopic (exact) mass is 490 g/mol. The summed E-state index contributed by atoms with van der Waals surface area (Å²) in [6.45, 7) is 3.92. The average molecular weight is 491 g/mol. The Hall–Kier alpha value is -2.98. The molecule has 0 unspecified atom stereocenters. The summed E-state index contributed by atoms with van der Waals surface area (Å²) in [4.78, 5) is 50.2. The van der Waals surface area contributed by atoms with Crippen molar-refractivity contribution in [3.05, 3.63) is 35.9 Å². The fourth-order valence-electron chi connectivity index (χ4n) is 4.15. The predicted octanol–water partition coefficient (Wildman–Crippen LogP) is 1.13. The summed E-state index contributed by atoms with van der Waals surface area (Å²) < 4.78 is 0. The van der Waals surface area contributed by atoms with E-state index in [1.165, 1.54) is 4.90 Å². The van der Waals surface area contributed by atoms with Crippen molar-refractivity contribution in [2.75, 3.05) is 13.1 Å². The number of likely N-dealkylation sites (tertiary alicyclic amines) is 1. The van der Waals surface area contributed by atoms with Crippen LogP contribution in [0, 0.1) is 0 Å². The number of nitrogens with one attached hydrogen (secondary N) is 2. The van der Waals surface area contributed by atoms with Crippen LogP contribution in [0.5, 0.6) is 0 Å². The molecular formula is C25H38N4O6. The first-order chi connectivity index (χ1) is 16.5. The van der Waals surface area contributed by atoms with E-state index in [2.05, 4.69) is 10.6 Å². The highest BCUT2D eigenvalue weighted by atomic mass is 16.4. The first-order valence-electron chi connectivity index (χ1n) is 12.1. The van der Waals surface area contributed by atoms with E-state index in [4.69, 9.17) is 5.73 Å². The standard InChI is InChI=1S/C25H38N4O6/c1-25(2,26)24(35)27-15-7-6-11-18(21(30)29-16-8-12-20(29)23(33)34)28-19(22(31)32)14-13-17-9-4-3-5-10-17/h3-5,9-10,18-20,28H,6-8,11-16,26H2,1-2H3,(H,27,35)(H,31,32)(H,33,34)/t18-,19-,20-/m0/s1. The Morgan fingerprint density at radius 2 is 1.77 bits per heavy atom. The molecule has 1 aliphatic rings. The molecule has 1 aromatic rings. The SMILES string of the molecule is CC(C)(N)C(=O)NCCCC[C@H](N[C@@H](CCc1ccccc1)C(=O)O)C(=O)N1CCC[C@H]1C(=O)O. The zero-order valence-electron chi connectivity index (χ0n) is 20.5. The minimum atomic E-state index is -1.06. The largest absolute Gasteiger partial charge is 0.480 e. The number of hydrogen-bond donors (Lipinski definition) is 5. The number of aryl methyl sites for hydroxylation is 1. The number of rotatable bonds is 14. The molecule has 0 spiro atoms. The molecule has 10 heteroatoms. The van der Waals surface area contributed by atoms with E-state index in [0.29, 0.717) is 51.6 Å². The quantitative estimate of drug-likeness (QED) is 0.242. The summed E-state index contributed by atoms with van der Waals surface area (Å²) in [7, 11) is 0. The van der Waals surface area contributed by atoms with E-state index < -0.39 is 41.5 Å². The number of benzene rings is 1. The number of carbonyl (C=O) groups excluding carboxylic acids is 2. The van der Waals surface area contributed by atoms with E-state index >= 15 is 0 Å². The fraction of sp³-hybridized carbons (Fsp3) is 0.600. The summed E-state index contributed by atoms with van der Waals surface area (Å²) in [6, 6.07) is 6.78. The van der Waals surface area contributed by atoms with Crippen LogP contribution in [0.4, 0.5) is 0 Å². The van der Waals surface area contributed by atoms with Gasteiger partial charge in [0.25, 0.3) is 0 Å². The number of carboxylic acid groups (broad SMARTS) is 2. The maximum atomic E-state index is 13.3. The van der Waals surface area contributed by atoms with Crippen LogP contribution in [0.3, 0.4) is 0 Å². The molecule has 1 heterocycles. The van der Waals surface area contributed by atoms with Gasteiger partial charge in [0, 0.05) is 13.1 Å². The van der Waals surface area contributed by atoms with Gasteiger partial charge >= 0.3 is 11.9 Å². The number of nitrogens with zero attached hydrogens (tertiary/aromatic N) is 1. The molecule has 2 rings (SSSR count). The zero-order valence-corrected chi connectivity index (χ0v) is 20.5. The summed E-state index contributed by atoms with van der Waals surface area (Å²) in [6.07, 6.45) is 3.19.